The molecule has 0 radical (unpaired) electrons. The Bertz CT molecular complexity index is 898. The zero-order chi connectivity index (χ0) is 22.3. The summed E-state index contributed by atoms with van der Waals surface area (Å²) in [6.45, 7) is 5.27. The molecule has 32 heavy (non-hydrogen) atoms. The standard InChI is InChI=1S/C27H35NO4/c1-26-15-12-22-20(9-11-23-27(22,2)16-13-24(29)28-23)21(26)10-8-18(26)14-17-31-25(30)32-19-6-4-3-5-7-19/h3-7,13,16,18,20-23H,8-12,14-15,17H2,1-2H3,(H,28,29)/t18-,20?,21?,22?,23?,26?,27-/m1/s1. The van der Waals surface area contributed by atoms with Gasteiger partial charge in [-0.1, -0.05) is 38.1 Å². The third kappa shape index (κ3) is 3.64. The summed E-state index contributed by atoms with van der Waals surface area (Å²) in [7, 11) is 0. The number of fused-ring (bicyclic) bond motifs is 5. The first-order valence-corrected chi connectivity index (χ1v) is 12.3. The van der Waals surface area contributed by atoms with Gasteiger partial charge in [-0.05, 0) is 92.2 Å². The van der Waals surface area contributed by atoms with Gasteiger partial charge in [0.25, 0.3) is 0 Å². The second-order valence-corrected chi connectivity index (χ2v) is 10.8. The highest BCUT2D eigenvalue weighted by molar-refractivity contribution is 5.89. The Morgan fingerprint density at radius 3 is 2.69 bits per heavy atom. The molecule has 7 atom stereocenters. The summed E-state index contributed by atoms with van der Waals surface area (Å²) < 4.78 is 10.7. The first-order chi connectivity index (χ1) is 15.4. The molecule has 1 aromatic carbocycles. The predicted octanol–water partition coefficient (Wildman–Crippen LogP) is 5.51. The first-order valence-electron chi connectivity index (χ1n) is 12.3. The Morgan fingerprint density at radius 1 is 1.06 bits per heavy atom. The van der Waals surface area contributed by atoms with Crippen molar-refractivity contribution >= 4 is 12.1 Å². The predicted molar refractivity (Wildman–Crippen MR) is 122 cm³/mol. The Kier molecular flexibility index (Phi) is 5.55. The maximum Gasteiger partial charge on any atom is 0.513 e. The van der Waals surface area contributed by atoms with Crippen LogP contribution in [-0.2, 0) is 9.53 Å². The van der Waals surface area contributed by atoms with Crippen LogP contribution >= 0.6 is 0 Å². The van der Waals surface area contributed by atoms with Crippen LogP contribution in [0.1, 0.15) is 58.8 Å². The molecule has 3 aliphatic carbocycles. The number of amides is 1. The van der Waals surface area contributed by atoms with E-state index < -0.39 is 6.16 Å². The van der Waals surface area contributed by atoms with E-state index >= 15 is 0 Å². The highest BCUT2D eigenvalue weighted by Gasteiger charge is 2.59. The molecule has 1 amide bonds. The molecule has 0 saturated heterocycles. The van der Waals surface area contributed by atoms with Crippen molar-refractivity contribution in [3.8, 4) is 5.75 Å². The van der Waals surface area contributed by atoms with Gasteiger partial charge in [0.1, 0.15) is 5.75 Å². The van der Waals surface area contributed by atoms with Crippen LogP contribution in [0.2, 0.25) is 0 Å². The van der Waals surface area contributed by atoms with Crippen molar-refractivity contribution in [2.24, 2.45) is 34.5 Å². The minimum absolute atomic E-state index is 0.0679. The summed E-state index contributed by atoms with van der Waals surface area (Å²) in [6, 6.07) is 9.35. The van der Waals surface area contributed by atoms with E-state index in [-0.39, 0.29) is 17.4 Å². The second-order valence-electron chi connectivity index (χ2n) is 10.8. The van der Waals surface area contributed by atoms with Crippen LogP contribution in [0.25, 0.3) is 0 Å². The highest BCUT2D eigenvalue weighted by Crippen LogP contribution is 2.65. The SMILES string of the molecule is CC12CCC3C(CCC4NC(=O)C=C[C@@]43C)C1CC[C@@H]2CCOC(=O)Oc1ccccc1. The molecular weight excluding hydrogens is 402 g/mol. The van der Waals surface area contributed by atoms with Gasteiger partial charge in [0.05, 0.1) is 6.61 Å². The summed E-state index contributed by atoms with van der Waals surface area (Å²) in [6.07, 6.45) is 11.5. The van der Waals surface area contributed by atoms with Crippen molar-refractivity contribution in [3.63, 3.8) is 0 Å². The number of carbonyl (C=O) groups excluding carboxylic acids is 2. The van der Waals surface area contributed by atoms with E-state index in [2.05, 4.69) is 25.2 Å². The van der Waals surface area contributed by atoms with Crippen LogP contribution in [0.5, 0.6) is 5.75 Å². The molecule has 5 rings (SSSR count). The molecule has 5 nitrogen and oxygen atoms in total. The number of para-hydroxylation sites is 1. The van der Waals surface area contributed by atoms with Gasteiger partial charge in [-0.15, -0.1) is 0 Å². The quantitative estimate of drug-likeness (QED) is 0.499. The van der Waals surface area contributed by atoms with Crippen LogP contribution in [0.15, 0.2) is 42.5 Å². The third-order valence-corrected chi connectivity index (χ3v) is 9.51. The molecule has 172 valence electrons. The van der Waals surface area contributed by atoms with Gasteiger partial charge in [0, 0.05) is 11.5 Å². The van der Waals surface area contributed by atoms with Gasteiger partial charge >= 0.3 is 6.16 Å². The van der Waals surface area contributed by atoms with Gasteiger partial charge in [0.2, 0.25) is 5.91 Å². The lowest BCUT2D eigenvalue weighted by atomic mass is 9.48. The van der Waals surface area contributed by atoms with Crippen LogP contribution in [-0.4, -0.2) is 24.7 Å². The number of rotatable bonds is 4. The monoisotopic (exact) mass is 437 g/mol. The number of benzene rings is 1. The molecule has 5 unspecified atom stereocenters. The molecule has 4 aliphatic rings. The summed E-state index contributed by atoms with van der Waals surface area (Å²) in [4.78, 5) is 24.0. The lowest BCUT2D eigenvalue weighted by Gasteiger charge is -2.59. The fraction of sp³-hybridized carbons (Fsp3) is 0.630. The van der Waals surface area contributed by atoms with Gasteiger partial charge in [-0.3, -0.25) is 4.79 Å². The molecule has 3 fully saturated rings. The van der Waals surface area contributed by atoms with E-state index in [0.717, 1.165) is 24.7 Å². The van der Waals surface area contributed by atoms with Crippen molar-refractivity contribution in [1.82, 2.24) is 5.32 Å². The zero-order valence-corrected chi connectivity index (χ0v) is 19.2. The number of hydrogen-bond acceptors (Lipinski definition) is 4. The van der Waals surface area contributed by atoms with Gasteiger partial charge in [-0.25, -0.2) is 4.79 Å². The van der Waals surface area contributed by atoms with E-state index in [0.29, 0.717) is 29.6 Å². The third-order valence-electron chi connectivity index (χ3n) is 9.51. The smallest absolute Gasteiger partial charge is 0.434 e. The molecule has 3 saturated carbocycles. The van der Waals surface area contributed by atoms with Crippen molar-refractivity contribution in [2.45, 2.75) is 64.8 Å². The number of nitrogens with one attached hydrogen (secondary N) is 1. The maximum absolute atomic E-state index is 12.0. The van der Waals surface area contributed by atoms with Crippen molar-refractivity contribution < 1.29 is 19.1 Å². The van der Waals surface area contributed by atoms with Crippen molar-refractivity contribution in [3.05, 3.63) is 42.5 Å². The molecular formula is C27H35NO4. The number of carbonyl (C=O) groups is 2. The Balaban J connectivity index is 1.20. The molecule has 5 heteroatoms. The van der Waals surface area contributed by atoms with Crippen LogP contribution in [0.4, 0.5) is 4.79 Å². The largest absolute Gasteiger partial charge is 0.513 e. The highest BCUT2D eigenvalue weighted by atomic mass is 16.7. The normalized spacial score (nSPS) is 39.9. The van der Waals surface area contributed by atoms with E-state index in [1.165, 1.54) is 32.1 Å². The van der Waals surface area contributed by atoms with Gasteiger partial charge in [-0.2, -0.15) is 0 Å². The van der Waals surface area contributed by atoms with Crippen LogP contribution in [0, 0.1) is 34.5 Å². The maximum atomic E-state index is 12.0. The van der Waals surface area contributed by atoms with Gasteiger partial charge < -0.3 is 14.8 Å². The molecule has 1 aromatic rings. The summed E-state index contributed by atoms with van der Waals surface area (Å²) in [5, 5.41) is 3.24. The number of ether oxygens (including phenoxy) is 2. The minimum atomic E-state index is -0.614. The van der Waals surface area contributed by atoms with Crippen molar-refractivity contribution in [2.75, 3.05) is 6.61 Å². The lowest BCUT2D eigenvalue weighted by molar-refractivity contribution is -0.122. The van der Waals surface area contributed by atoms with E-state index in [1.807, 2.05) is 18.2 Å². The molecule has 1 aliphatic heterocycles. The molecule has 1 heterocycles. The average Bonchev–Trinajstić information content (AvgIpc) is 3.11. The average molecular weight is 438 g/mol. The van der Waals surface area contributed by atoms with Crippen LogP contribution in [0.3, 0.4) is 0 Å². The second kappa shape index (κ2) is 8.24. The Labute approximate surface area is 190 Å². The van der Waals surface area contributed by atoms with E-state index in [1.54, 1.807) is 18.2 Å². The minimum Gasteiger partial charge on any atom is -0.434 e. The topological polar surface area (TPSA) is 64.6 Å². The zero-order valence-electron chi connectivity index (χ0n) is 19.2. The Morgan fingerprint density at radius 2 is 1.88 bits per heavy atom. The fourth-order valence-electron chi connectivity index (χ4n) is 7.82. The van der Waals surface area contributed by atoms with E-state index in [9.17, 15) is 9.59 Å². The molecule has 0 bridgehead atoms. The van der Waals surface area contributed by atoms with Crippen LogP contribution < -0.4 is 10.1 Å². The summed E-state index contributed by atoms with van der Waals surface area (Å²) >= 11 is 0. The van der Waals surface area contributed by atoms with E-state index in [4.69, 9.17) is 9.47 Å². The molecule has 1 N–H and O–H groups in total. The number of hydrogen-bond donors (Lipinski definition) is 1. The molecule has 0 spiro atoms. The lowest BCUT2D eigenvalue weighted by Crippen LogP contribution is -2.59. The summed E-state index contributed by atoms with van der Waals surface area (Å²) in [5.41, 5.74) is 0.402. The van der Waals surface area contributed by atoms with Crippen molar-refractivity contribution in [1.29, 1.82) is 0 Å². The fourth-order valence-corrected chi connectivity index (χ4v) is 7.82. The Hall–Kier alpha value is -2.30. The molecule has 0 aromatic heterocycles. The first kappa shape index (κ1) is 21.5. The van der Waals surface area contributed by atoms with Gasteiger partial charge in [0.15, 0.2) is 0 Å². The summed E-state index contributed by atoms with van der Waals surface area (Å²) in [5.74, 6) is 3.27.